The van der Waals surface area contributed by atoms with Gasteiger partial charge >= 0.3 is 6.03 Å². The van der Waals surface area contributed by atoms with Gasteiger partial charge in [0.25, 0.3) is 5.91 Å². The predicted octanol–water partition coefficient (Wildman–Crippen LogP) is -1.31. The SMILES string of the molecule is [N-]=[N+]=N[C@H]1C[C@H](N2CC(O)C(=O)NC2=O)O[C@@H]1CO. The van der Waals surface area contributed by atoms with E-state index in [1.165, 1.54) is 0 Å². The molecule has 2 rings (SSSR count). The summed E-state index contributed by atoms with van der Waals surface area (Å²) in [6.45, 7) is -0.548. The molecule has 2 aliphatic heterocycles. The highest BCUT2D eigenvalue weighted by atomic mass is 16.5. The van der Waals surface area contributed by atoms with E-state index in [2.05, 4.69) is 10.0 Å². The number of β-amino-alcohol motifs (C(OH)–C–C–N with tert-alkyl or cyclic N) is 1. The minimum absolute atomic E-state index is 0.198. The number of hydrogen-bond donors (Lipinski definition) is 3. The Bertz CT molecular complexity index is 437. The van der Waals surface area contributed by atoms with Crippen molar-refractivity contribution in [2.75, 3.05) is 13.2 Å². The molecule has 1 unspecified atom stereocenters. The first kappa shape index (κ1) is 13.6. The van der Waals surface area contributed by atoms with Gasteiger partial charge in [-0.1, -0.05) is 5.11 Å². The van der Waals surface area contributed by atoms with Gasteiger partial charge in [-0.25, -0.2) is 4.79 Å². The average molecular weight is 271 g/mol. The fourth-order valence-corrected chi connectivity index (χ4v) is 2.12. The molecule has 104 valence electrons. The zero-order chi connectivity index (χ0) is 14.0. The summed E-state index contributed by atoms with van der Waals surface area (Å²) in [5, 5.41) is 24.0. The Labute approximate surface area is 107 Å². The Morgan fingerprint density at radius 3 is 2.95 bits per heavy atom. The second-order valence-electron chi connectivity index (χ2n) is 4.28. The first-order chi connectivity index (χ1) is 9.06. The summed E-state index contributed by atoms with van der Waals surface area (Å²) in [7, 11) is 0. The van der Waals surface area contributed by atoms with E-state index in [9.17, 15) is 14.7 Å². The molecule has 10 heteroatoms. The Kier molecular flexibility index (Phi) is 3.86. The van der Waals surface area contributed by atoms with Gasteiger partial charge in [-0.2, -0.15) is 0 Å². The molecule has 0 spiro atoms. The molecule has 0 aromatic rings. The number of ether oxygens (including phenoxy) is 1. The lowest BCUT2D eigenvalue weighted by Gasteiger charge is -2.33. The molecule has 4 atom stereocenters. The number of nitrogens with one attached hydrogen (secondary N) is 1. The maximum Gasteiger partial charge on any atom is 0.326 e. The third-order valence-corrected chi connectivity index (χ3v) is 3.09. The van der Waals surface area contributed by atoms with Crippen LogP contribution in [0.1, 0.15) is 6.42 Å². The Hall–Kier alpha value is -1.87. The molecule has 2 aliphatic rings. The van der Waals surface area contributed by atoms with Gasteiger partial charge in [0.1, 0.15) is 6.23 Å². The first-order valence-electron chi connectivity index (χ1n) is 5.67. The molecule has 19 heavy (non-hydrogen) atoms. The van der Waals surface area contributed by atoms with Crippen LogP contribution in [0.5, 0.6) is 0 Å². The van der Waals surface area contributed by atoms with E-state index in [1.54, 1.807) is 0 Å². The molecule has 2 heterocycles. The van der Waals surface area contributed by atoms with E-state index in [-0.39, 0.29) is 19.6 Å². The normalized spacial score (nSPS) is 34.9. The van der Waals surface area contributed by atoms with Gasteiger partial charge in [0, 0.05) is 11.3 Å². The van der Waals surface area contributed by atoms with Crippen LogP contribution in [0.2, 0.25) is 0 Å². The van der Waals surface area contributed by atoms with Crippen LogP contribution in [0.15, 0.2) is 5.11 Å². The monoisotopic (exact) mass is 271 g/mol. The van der Waals surface area contributed by atoms with Crippen molar-refractivity contribution in [3.05, 3.63) is 10.4 Å². The Morgan fingerprint density at radius 2 is 2.32 bits per heavy atom. The van der Waals surface area contributed by atoms with Crippen LogP contribution in [-0.4, -0.2) is 64.7 Å². The quantitative estimate of drug-likeness (QED) is 0.331. The van der Waals surface area contributed by atoms with Crippen molar-refractivity contribution >= 4 is 11.9 Å². The van der Waals surface area contributed by atoms with Crippen molar-refractivity contribution in [3.8, 4) is 0 Å². The highest BCUT2D eigenvalue weighted by Gasteiger charge is 2.42. The van der Waals surface area contributed by atoms with Gasteiger partial charge in [0.05, 0.1) is 25.3 Å². The van der Waals surface area contributed by atoms with E-state index in [4.69, 9.17) is 15.4 Å². The lowest BCUT2D eigenvalue weighted by molar-refractivity contribution is -0.134. The van der Waals surface area contributed by atoms with Gasteiger partial charge in [-0.15, -0.1) is 0 Å². The predicted molar refractivity (Wildman–Crippen MR) is 59.5 cm³/mol. The smallest absolute Gasteiger partial charge is 0.326 e. The zero-order valence-corrected chi connectivity index (χ0v) is 9.84. The molecule has 0 aromatic heterocycles. The second-order valence-corrected chi connectivity index (χ2v) is 4.28. The molecule has 2 saturated heterocycles. The van der Waals surface area contributed by atoms with Crippen molar-refractivity contribution in [2.45, 2.75) is 30.9 Å². The maximum atomic E-state index is 11.6. The molecule has 0 bridgehead atoms. The van der Waals surface area contributed by atoms with Gasteiger partial charge in [-0.05, 0) is 5.53 Å². The van der Waals surface area contributed by atoms with Crippen LogP contribution in [-0.2, 0) is 9.53 Å². The summed E-state index contributed by atoms with van der Waals surface area (Å²) in [6, 6.07) is -1.28. The number of imide groups is 1. The van der Waals surface area contributed by atoms with Gasteiger partial charge in [0.2, 0.25) is 0 Å². The van der Waals surface area contributed by atoms with Crippen LogP contribution in [0, 0.1) is 0 Å². The summed E-state index contributed by atoms with van der Waals surface area (Å²) in [5.41, 5.74) is 8.41. The minimum atomic E-state index is -1.33. The highest BCUT2D eigenvalue weighted by Crippen LogP contribution is 2.26. The summed E-state index contributed by atoms with van der Waals surface area (Å²) < 4.78 is 5.40. The molecule has 10 nitrogen and oxygen atoms in total. The fraction of sp³-hybridized carbons (Fsp3) is 0.778. The third-order valence-electron chi connectivity index (χ3n) is 3.09. The van der Waals surface area contributed by atoms with Gasteiger partial charge in [-0.3, -0.25) is 15.0 Å². The van der Waals surface area contributed by atoms with E-state index in [1.807, 2.05) is 5.32 Å². The lowest BCUT2D eigenvalue weighted by atomic mass is 10.1. The summed E-state index contributed by atoms with van der Waals surface area (Å²) in [4.78, 5) is 26.5. The van der Waals surface area contributed by atoms with Crippen molar-refractivity contribution in [2.24, 2.45) is 5.11 Å². The molecule has 3 amide bonds. The van der Waals surface area contributed by atoms with Crippen LogP contribution in [0.3, 0.4) is 0 Å². The topological polar surface area (TPSA) is 148 Å². The first-order valence-corrected chi connectivity index (χ1v) is 5.67. The number of carbonyl (C=O) groups excluding carboxylic acids is 2. The number of nitrogens with zero attached hydrogens (tertiary/aromatic N) is 4. The van der Waals surface area contributed by atoms with E-state index in [0.29, 0.717) is 0 Å². The average Bonchev–Trinajstić information content (AvgIpc) is 2.77. The number of hydrogen-bond acceptors (Lipinski definition) is 6. The van der Waals surface area contributed by atoms with Gasteiger partial charge < -0.3 is 14.9 Å². The molecular formula is C9H13N5O5. The molecule has 2 fully saturated rings. The number of azide groups is 1. The van der Waals surface area contributed by atoms with Crippen molar-refractivity contribution in [1.29, 1.82) is 0 Å². The number of urea groups is 1. The lowest BCUT2D eigenvalue weighted by Crippen LogP contribution is -2.59. The van der Waals surface area contributed by atoms with Crippen molar-refractivity contribution in [3.63, 3.8) is 0 Å². The van der Waals surface area contributed by atoms with E-state index < -0.39 is 36.4 Å². The molecule has 0 aliphatic carbocycles. The Morgan fingerprint density at radius 1 is 1.58 bits per heavy atom. The van der Waals surface area contributed by atoms with E-state index >= 15 is 0 Å². The standard InChI is InChI=1S/C9H13N5O5/c10-13-12-4-1-7(19-6(4)3-15)14-2-5(16)8(17)11-9(14)18/h4-7,15-16H,1-3H2,(H,11,17,18)/t4-,5?,6+,7+/m0/s1. The largest absolute Gasteiger partial charge is 0.394 e. The number of amides is 3. The Balaban J connectivity index is 2.08. The summed E-state index contributed by atoms with van der Waals surface area (Å²) >= 11 is 0. The van der Waals surface area contributed by atoms with E-state index in [0.717, 1.165) is 4.90 Å². The van der Waals surface area contributed by atoms with Crippen LogP contribution in [0.4, 0.5) is 4.79 Å². The van der Waals surface area contributed by atoms with Crippen LogP contribution >= 0.6 is 0 Å². The number of aliphatic hydroxyl groups is 2. The second kappa shape index (κ2) is 5.41. The van der Waals surface area contributed by atoms with Crippen LogP contribution in [0.25, 0.3) is 10.4 Å². The highest BCUT2D eigenvalue weighted by molar-refractivity contribution is 5.99. The number of aliphatic hydroxyl groups excluding tert-OH is 2. The van der Waals surface area contributed by atoms with Crippen LogP contribution < -0.4 is 5.32 Å². The number of carbonyl (C=O) groups is 2. The van der Waals surface area contributed by atoms with Crippen molar-refractivity contribution < 1.29 is 24.5 Å². The molecular weight excluding hydrogens is 258 g/mol. The van der Waals surface area contributed by atoms with Gasteiger partial charge in [0.15, 0.2) is 6.10 Å². The zero-order valence-electron chi connectivity index (χ0n) is 9.84. The summed E-state index contributed by atoms with van der Waals surface area (Å²) in [5.74, 6) is -0.760. The fourth-order valence-electron chi connectivity index (χ4n) is 2.12. The molecule has 0 aromatic carbocycles. The van der Waals surface area contributed by atoms with Crippen molar-refractivity contribution in [1.82, 2.24) is 10.2 Å². The molecule has 0 radical (unpaired) electrons. The third kappa shape index (κ3) is 2.61. The molecule has 0 saturated carbocycles. The minimum Gasteiger partial charge on any atom is -0.394 e. The summed E-state index contributed by atoms with van der Waals surface area (Å²) in [6.07, 6.45) is -2.59. The molecule has 3 N–H and O–H groups in total. The number of rotatable bonds is 3. The maximum absolute atomic E-state index is 11.6.